The molecule has 1 heterocycles. The highest BCUT2D eigenvalue weighted by Crippen LogP contribution is 2.24. The third kappa shape index (κ3) is 4.19. The standard InChI is InChI=1S/C15H15BrClN3O/c1-20(2)15(21)10-6-7-12(17)13(8-10)18-9-11-4-3-5-14(16)19-11/h3-8,18H,9H2,1-2H3. The van der Waals surface area contributed by atoms with Crippen molar-refractivity contribution in [2.24, 2.45) is 0 Å². The van der Waals surface area contributed by atoms with Crippen LogP contribution < -0.4 is 5.32 Å². The summed E-state index contributed by atoms with van der Waals surface area (Å²) < 4.78 is 0.782. The minimum absolute atomic E-state index is 0.0599. The quantitative estimate of drug-likeness (QED) is 0.835. The van der Waals surface area contributed by atoms with Crippen LogP contribution in [0.3, 0.4) is 0 Å². The van der Waals surface area contributed by atoms with Crippen LogP contribution in [0.2, 0.25) is 5.02 Å². The number of carbonyl (C=O) groups excluding carboxylic acids is 1. The largest absolute Gasteiger partial charge is 0.378 e. The number of benzene rings is 1. The number of nitrogens with one attached hydrogen (secondary N) is 1. The third-order valence-corrected chi connectivity index (χ3v) is 3.62. The Hall–Kier alpha value is -1.59. The molecule has 0 aliphatic rings. The molecule has 1 amide bonds. The van der Waals surface area contributed by atoms with Crippen molar-refractivity contribution >= 4 is 39.1 Å². The molecule has 0 spiro atoms. The second-order valence-corrected chi connectivity index (χ2v) is 5.92. The van der Waals surface area contributed by atoms with E-state index in [0.717, 1.165) is 10.3 Å². The van der Waals surface area contributed by atoms with Gasteiger partial charge in [-0.25, -0.2) is 4.98 Å². The Bertz CT molecular complexity index is 661. The number of aromatic nitrogens is 1. The summed E-state index contributed by atoms with van der Waals surface area (Å²) in [4.78, 5) is 17.8. The van der Waals surface area contributed by atoms with E-state index >= 15 is 0 Å². The van der Waals surface area contributed by atoms with Gasteiger partial charge >= 0.3 is 0 Å². The van der Waals surface area contributed by atoms with Crippen molar-refractivity contribution < 1.29 is 4.79 Å². The molecule has 0 aliphatic heterocycles. The fraction of sp³-hybridized carbons (Fsp3) is 0.200. The topological polar surface area (TPSA) is 45.2 Å². The van der Waals surface area contributed by atoms with Crippen LogP contribution in [0.4, 0.5) is 5.69 Å². The van der Waals surface area contributed by atoms with E-state index in [1.54, 1.807) is 32.3 Å². The van der Waals surface area contributed by atoms with Gasteiger partial charge in [0, 0.05) is 19.7 Å². The summed E-state index contributed by atoms with van der Waals surface area (Å²) in [6, 6.07) is 10.9. The maximum absolute atomic E-state index is 12.0. The molecule has 0 fully saturated rings. The molecule has 0 atom stereocenters. The molecule has 0 bridgehead atoms. The molecule has 0 radical (unpaired) electrons. The van der Waals surface area contributed by atoms with E-state index < -0.39 is 0 Å². The van der Waals surface area contributed by atoms with Gasteiger partial charge in [0.2, 0.25) is 0 Å². The minimum Gasteiger partial charge on any atom is -0.378 e. The number of nitrogens with zero attached hydrogens (tertiary/aromatic N) is 2. The fourth-order valence-electron chi connectivity index (χ4n) is 1.79. The normalized spacial score (nSPS) is 10.3. The molecule has 0 unspecified atom stereocenters. The SMILES string of the molecule is CN(C)C(=O)c1ccc(Cl)c(NCc2cccc(Br)n2)c1. The highest BCUT2D eigenvalue weighted by atomic mass is 79.9. The molecule has 0 saturated heterocycles. The van der Waals surface area contributed by atoms with Crippen LogP contribution in [0.15, 0.2) is 41.0 Å². The highest BCUT2D eigenvalue weighted by molar-refractivity contribution is 9.10. The van der Waals surface area contributed by atoms with Gasteiger partial charge in [0.15, 0.2) is 0 Å². The molecule has 0 saturated carbocycles. The number of hydrogen-bond donors (Lipinski definition) is 1. The Balaban J connectivity index is 2.16. The monoisotopic (exact) mass is 367 g/mol. The Morgan fingerprint density at radius 3 is 2.76 bits per heavy atom. The van der Waals surface area contributed by atoms with Crippen molar-refractivity contribution in [2.45, 2.75) is 6.54 Å². The van der Waals surface area contributed by atoms with Crippen molar-refractivity contribution in [3.05, 3.63) is 57.3 Å². The fourth-order valence-corrected chi connectivity index (χ4v) is 2.35. The Morgan fingerprint density at radius 2 is 2.10 bits per heavy atom. The molecular weight excluding hydrogens is 354 g/mol. The van der Waals surface area contributed by atoms with E-state index in [0.29, 0.717) is 22.8 Å². The number of anilines is 1. The average Bonchev–Trinajstić information content (AvgIpc) is 2.45. The number of pyridine rings is 1. The first kappa shape index (κ1) is 15.8. The highest BCUT2D eigenvalue weighted by Gasteiger charge is 2.10. The molecule has 21 heavy (non-hydrogen) atoms. The van der Waals surface area contributed by atoms with Crippen molar-refractivity contribution in [2.75, 3.05) is 19.4 Å². The summed E-state index contributed by atoms with van der Waals surface area (Å²) in [7, 11) is 3.44. The molecule has 2 aromatic rings. The second kappa shape index (κ2) is 6.91. The number of halogens is 2. The van der Waals surface area contributed by atoms with E-state index in [1.165, 1.54) is 4.90 Å². The Morgan fingerprint density at radius 1 is 1.33 bits per heavy atom. The molecule has 4 nitrogen and oxygen atoms in total. The molecule has 2 rings (SSSR count). The van der Waals surface area contributed by atoms with Gasteiger partial charge in [-0.05, 0) is 46.3 Å². The number of carbonyl (C=O) groups is 1. The summed E-state index contributed by atoms with van der Waals surface area (Å²) in [6.45, 7) is 0.527. The van der Waals surface area contributed by atoms with Gasteiger partial charge in [-0.3, -0.25) is 4.79 Å². The first-order chi connectivity index (χ1) is 9.97. The molecule has 1 aromatic carbocycles. The van der Waals surface area contributed by atoms with E-state index in [2.05, 4.69) is 26.2 Å². The first-order valence-corrected chi connectivity index (χ1v) is 7.51. The maximum atomic E-state index is 12.0. The summed E-state index contributed by atoms with van der Waals surface area (Å²) in [5, 5.41) is 3.77. The zero-order valence-corrected chi connectivity index (χ0v) is 14.1. The van der Waals surface area contributed by atoms with Crippen LogP contribution in [-0.2, 0) is 6.54 Å². The number of rotatable bonds is 4. The molecular formula is C15H15BrClN3O. The summed E-state index contributed by atoms with van der Waals surface area (Å²) in [5.74, 6) is -0.0599. The van der Waals surface area contributed by atoms with Gasteiger partial charge in [0.05, 0.1) is 22.9 Å². The van der Waals surface area contributed by atoms with Crippen LogP contribution >= 0.6 is 27.5 Å². The summed E-state index contributed by atoms with van der Waals surface area (Å²) in [6.07, 6.45) is 0. The lowest BCUT2D eigenvalue weighted by Gasteiger charge is -2.13. The zero-order chi connectivity index (χ0) is 15.4. The van der Waals surface area contributed by atoms with Crippen LogP contribution in [0.1, 0.15) is 16.1 Å². The van der Waals surface area contributed by atoms with Crippen LogP contribution in [-0.4, -0.2) is 29.9 Å². The van der Waals surface area contributed by atoms with E-state index in [1.807, 2.05) is 18.2 Å². The lowest BCUT2D eigenvalue weighted by molar-refractivity contribution is 0.0827. The molecule has 1 aromatic heterocycles. The predicted octanol–water partition coefficient (Wildman–Crippen LogP) is 3.81. The van der Waals surface area contributed by atoms with Gasteiger partial charge in [0.25, 0.3) is 5.91 Å². The van der Waals surface area contributed by atoms with Crippen molar-refractivity contribution in [3.8, 4) is 0 Å². The Labute approximate surface area is 137 Å². The minimum atomic E-state index is -0.0599. The lowest BCUT2D eigenvalue weighted by Crippen LogP contribution is -2.21. The summed E-state index contributed by atoms with van der Waals surface area (Å²) >= 11 is 9.50. The predicted molar refractivity (Wildman–Crippen MR) is 88.7 cm³/mol. The third-order valence-electron chi connectivity index (χ3n) is 2.85. The smallest absolute Gasteiger partial charge is 0.253 e. The number of amides is 1. The van der Waals surface area contributed by atoms with Crippen LogP contribution in [0.5, 0.6) is 0 Å². The average molecular weight is 369 g/mol. The lowest BCUT2D eigenvalue weighted by atomic mass is 10.1. The van der Waals surface area contributed by atoms with E-state index in [9.17, 15) is 4.79 Å². The van der Waals surface area contributed by atoms with Gasteiger partial charge in [-0.2, -0.15) is 0 Å². The molecule has 110 valence electrons. The summed E-state index contributed by atoms with van der Waals surface area (Å²) in [5.41, 5.74) is 2.19. The van der Waals surface area contributed by atoms with E-state index in [-0.39, 0.29) is 5.91 Å². The van der Waals surface area contributed by atoms with Crippen molar-refractivity contribution in [1.29, 1.82) is 0 Å². The Kier molecular flexibility index (Phi) is 5.20. The van der Waals surface area contributed by atoms with Crippen molar-refractivity contribution in [1.82, 2.24) is 9.88 Å². The van der Waals surface area contributed by atoms with Gasteiger partial charge in [-0.1, -0.05) is 17.7 Å². The first-order valence-electron chi connectivity index (χ1n) is 6.34. The zero-order valence-electron chi connectivity index (χ0n) is 11.7. The molecule has 6 heteroatoms. The molecule has 0 aliphatic carbocycles. The van der Waals surface area contributed by atoms with Gasteiger partial charge < -0.3 is 10.2 Å². The van der Waals surface area contributed by atoms with Crippen LogP contribution in [0.25, 0.3) is 0 Å². The van der Waals surface area contributed by atoms with Crippen LogP contribution in [0, 0.1) is 0 Å². The van der Waals surface area contributed by atoms with Gasteiger partial charge in [-0.15, -0.1) is 0 Å². The maximum Gasteiger partial charge on any atom is 0.253 e. The van der Waals surface area contributed by atoms with Crippen molar-refractivity contribution in [3.63, 3.8) is 0 Å². The molecule has 1 N–H and O–H groups in total. The van der Waals surface area contributed by atoms with E-state index in [4.69, 9.17) is 11.6 Å². The second-order valence-electron chi connectivity index (χ2n) is 4.70. The van der Waals surface area contributed by atoms with Gasteiger partial charge in [0.1, 0.15) is 4.60 Å². The number of hydrogen-bond acceptors (Lipinski definition) is 3.